The van der Waals surface area contributed by atoms with E-state index in [-0.39, 0.29) is 31.2 Å². The number of benzene rings is 2. The molecule has 4 rings (SSSR count). The first-order valence-corrected chi connectivity index (χ1v) is 9.07. The summed E-state index contributed by atoms with van der Waals surface area (Å²) in [6.07, 6.45) is 0.837. The molecule has 0 saturated heterocycles. The molecule has 0 spiro atoms. The molecule has 0 bridgehead atoms. The summed E-state index contributed by atoms with van der Waals surface area (Å²) in [6, 6.07) is 13.6. The molecule has 0 radical (unpaired) electrons. The predicted molar refractivity (Wildman–Crippen MR) is 101 cm³/mol. The Hall–Kier alpha value is -3.02. The number of nitrogens with zero attached hydrogens (tertiary/aromatic N) is 2. The third kappa shape index (κ3) is 3.35. The number of hydrogen-bond donors (Lipinski definition) is 0. The molecule has 27 heavy (non-hydrogen) atoms. The molecule has 0 saturated carbocycles. The van der Waals surface area contributed by atoms with Gasteiger partial charge in [-0.1, -0.05) is 24.3 Å². The van der Waals surface area contributed by atoms with Crippen molar-refractivity contribution in [1.82, 2.24) is 4.90 Å². The minimum absolute atomic E-state index is 0.0441. The Balaban J connectivity index is 1.50. The van der Waals surface area contributed by atoms with Crippen LogP contribution in [0.1, 0.15) is 25.0 Å². The third-order valence-corrected chi connectivity index (χ3v) is 5.06. The van der Waals surface area contributed by atoms with Gasteiger partial charge in [-0.3, -0.25) is 9.59 Å². The topological polar surface area (TPSA) is 59.1 Å². The van der Waals surface area contributed by atoms with Crippen molar-refractivity contribution in [3.05, 3.63) is 53.6 Å². The second-order valence-electron chi connectivity index (χ2n) is 7.01. The van der Waals surface area contributed by atoms with Gasteiger partial charge in [0.2, 0.25) is 18.6 Å². The zero-order valence-electron chi connectivity index (χ0n) is 15.5. The first-order valence-electron chi connectivity index (χ1n) is 9.07. The van der Waals surface area contributed by atoms with Gasteiger partial charge in [0.1, 0.15) is 6.54 Å². The van der Waals surface area contributed by atoms with Gasteiger partial charge in [0, 0.05) is 25.2 Å². The summed E-state index contributed by atoms with van der Waals surface area (Å²) in [4.78, 5) is 28.5. The average molecular weight is 366 g/mol. The summed E-state index contributed by atoms with van der Waals surface area (Å²) in [6.45, 7) is 4.12. The van der Waals surface area contributed by atoms with E-state index in [0.29, 0.717) is 18.0 Å². The summed E-state index contributed by atoms with van der Waals surface area (Å²) in [5.41, 5.74) is 3.02. The van der Waals surface area contributed by atoms with Crippen LogP contribution >= 0.6 is 0 Å². The van der Waals surface area contributed by atoms with Crippen molar-refractivity contribution in [2.24, 2.45) is 0 Å². The molecule has 2 aliphatic heterocycles. The Kier molecular flexibility index (Phi) is 4.48. The monoisotopic (exact) mass is 366 g/mol. The first kappa shape index (κ1) is 17.4. The van der Waals surface area contributed by atoms with Crippen molar-refractivity contribution >= 4 is 17.5 Å². The molecule has 0 aromatic heterocycles. The largest absolute Gasteiger partial charge is 0.454 e. The molecule has 2 aliphatic rings. The number of carbonyl (C=O) groups excluding carboxylic acids is 2. The van der Waals surface area contributed by atoms with Gasteiger partial charge in [-0.25, -0.2) is 0 Å². The van der Waals surface area contributed by atoms with E-state index in [1.807, 2.05) is 48.2 Å². The Bertz CT molecular complexity index is 896. The highest BCUT2D eigenvalue weighted by Gasteiger charge is 2.31. The van der Waals surface area contributed by atoms with Crippen LogP contribution in [0.3, 0.4) is 0 Å². The molecular formula is C21H22N2O4. The maximum atomic E-state index is 13.0. The van der Waals surface area contributed by atoms with Crippen molar-refractivity contribution in [3.8, 4) is 11.5 Å². The van der Waals surface area contributed by atoms with Crippen LogP contribution in [0.15, 0.2) is 42.5 Å². The molecule has 1 atom stereocenters. The van der Waals surface area contributed by atoms with Gasteiger partial charge in [-0.05, 0) is 42.7 Å². The van der Waals surface area contributed by atoms with Gasteiger partial charge < -0.3 is 19.3 Å². The fourth-order valence-corrected chi connectivity index (χ4v) is 3.72. The summed E-state index contributed by atoms with van der Waals surface area (Å²) in [7, 11) is 0. The van der Waals surface area contributed by atoms with E-state index < -0.39 is 0 Å². The predicted octanol–water partition coefficient (Wildman–Crippen LogP) is 2.74. The van der Waals surface area contributed by atoms with Crippen LogP contribution < -0.4 is 14.4 Å². The molecule has 2 aromatic carbocycles. The highest BCUT2D eigenvalue weighted by atomic mass is 16.7. The van der Waals surface area contributed by atoms with Crippen molar-refractivity contribution < 1.29 is 19.1 Å². The Labute approximate surface area is 158 Å². The van der Waals surface area contributed by atoms with Gasteiger partial charge in [-0.2, -0.15) is 0 Å². The van der Waals surface area contributed by atoms with Crippen LogP contribution in [0.25, 0.3) is 0 Å². The molecule has 0 aliphatic carbocycles. The van der Waals surface area contributed by atoms with Gasteiger partial charge in [0.15, 0.2) is 11.5 Å². The lowest BCUT2D eigenvalue weighted by molar-refractivity contribution is -0.134. The molecule has 1 unspecified atom stereocenters. The number of anilines is 1. The maximum absolute atomic E-state index is 13.0. The normalized spacial score (nSPS) is 17.0. The molecule has 2 amide bonds. The van der Waals surface area contributed by atoms with E-state index in [9.17, 15) is 9.59 Å². The minimum Gasteiger partial charge on any atom is -0.454 e. The van der Waals surface area contributed by atoms with E-state index in [4.69, 9.17) is 9.47 Å². The molecule has 6 heteroatoms. The molecule has 2 heterocycles. The van der Waals surface area contributed by atoms with Crippen LogP contribution in [0, 0.1) is 0 Å². The molecular weight excluding hydrogens is 344 g/mol. The van der Waals surface area contributed by atoms with Crippen LogP contribution in [0.5, 0.6) is 11.5 Å². The Morgan fingerprint density at radius 1 is 1.15 bits per heavy atom. The molecule has 140 valence electrons. The molecule has 6 nitrogen and oxygen atoms in total. The van der Waals surface area contributed by atoms with Crippen molar-refractivity contribution in [1.29, 1.82) is 0 Å². The lowest BCUT2D eigenvalue weighted by atomic mass is 10.1. The van der Waals surface area contributed by atoms with Crippen LogP contribution in [0.4, 0.5) is 5.69 Å². The van der Waals surface area contributed by atoms with Gasteiger partial charge in [-0.15, -0.1) is 0 Å². The SMILES string of the molecule is CC(=O)N(CC(=O)N1c2ccccc2CC1C)Cc1ccc2c(c1)OCO2. The van der Waals surface area contributed by atoms with E-state index in [0.717, 1.165) is 17.7 Å². The number of ether oxygens (including phenoxy) is 2. The first-order chi connectivity index (χ1) is 13.0. The molecule has 0 N–H and O–H groups in total. The quantitative estimate of drug-likeness (QED) is 0.835. The number of carbonyl (C=O) groups is 2. The van der Waals surface area contributed by atoms with E-state index >= 15 is 0 Å². The number of para-hydroxylation sites is 1. The second kappa shape index (κ2) is 6.95. The number of rotatable bonds is 4. The highest BCUT2D eigenvalue weighted by Crippen LogP contribution is 2.33. The maximum Gasteiger partial charge on any atom is 0.246 e. The van der Waals surface area contributed by atoms with Crippen molar-refractivity contribution in [3.63, 3.8) is 0 Å². The van der Waals surface area contributed by atoms with Gasteiger partial charge >= 0.3 is 0 Å². The Morgan fingerprint density at radius 2 is 1.93 bits per heavy atom. The number of fused-ring (bicyclic) bond motifs is 2. The van der Waals surface area contributed by atoms with Gasteiger partial charge in [0.05, 0.1) is 0 Å². The van der Waals surface area contributed by atoms with Crippen molar-refractivity contribution in [2.45, 2.75) is 32.9 Å². The van der Waals surface area contributed by atoms with E-state index in [2.05, 4.69) is 6.07 Å². The molecule has 2 aromatic rings. The lowest BCUT2D eigenvalue weighted by Crippen LogP contribution is -2.44. The fourth-order valence-electron chi connectivity index (χ4n) is 3.72. The minimum atomic E-state index is -0.138. The van der Waals surface area contributed by atoms with Crippen LogP contribution in [-0.4, -0.2) is 36.1 Å². The van der Waals surface area contributed by atoms with E-state index in [1.54, 1.807) is 4.90 Å². The number of hydrogen-bond acceptors (Lipinski definition) is 4. The van der Waals surface area contributed by atoms with Crippen molar-refractivity contribution in [2.75, 3.05) is 18.2 Å². The smallest absolute Gasteiger partial charge is 0.246 e. The zero-order chi connectivity index (χ0) is 19.0. The Morgan fingerprint density at radius 3 is 2.74 bits per heavy atom. The molecule has 0 fully saturated rings. The zero-order valence-corrected chi connectivity index (χ0v) is 15.5. The van der Waals surface area contributed by atoms with Crippen LogP contribution in [0.2, 0.25) is 0 Å². The fraction of sp³-hybridized carbons (Fsp3) is 0.333. The highest BCUT2D eigenvalue weighted by molar-refractivity contribution is 5.98. The van der Waals surface area contributed by atoms with Gasteiger partial charge in [0.25, 0.3) is 0 Å². The second-order valence-corrected chi connectivity index (χ2v) is 7.01. The summed E-state index contributed by atoms with van der Waals surface area (Å²) < 4.78 is 10.7. The summed E-state index contributed by atoms with van der Waals surface area (Å²) in [5.74, 6) is 1.17. The lowest BCUT2D eigenvalue weighted by Gasteiger charge is -2.27. The van der Waals surface area contributed by atoms with E-state index in [1.165, 1.54) is 12.5 Å². The number of amides is 2. The van der Waals surface area contributed by atoms with Crippen LogP contribution in [-0.2, 0) is 22.6 Å². The average Bonchev–Trinajstić information content (AvgIpc) is 3.23. The standard InChI is InChI=1S/C21H22N2O4/c1-14-9-17-5-3-4-6-18(17)23(14)21(25)12-22(15(2)24)11-16-7-8-19-20(10-16)27-13-26-19/h3-8,10,14H,9,11-13H2,1-2H3. The summed E-state index contributed by atoms with van der Waals surface area (Å²) in [5, 5.41) is 0. The summed E-state index contributed by atoms with van der Waals surface area (Å²) >= 11 is 0. The third-order valence-electron chi connectivity index (χ3n) is 5.06.